The molecule has 3 N–H and O–H groups in total. The van der Waals surface area contributed by atoms with Crippen molar-refractivity contribution < 1.29 is 19.6 Å². The third-order valence-corrected chi connectivity index (χ3v) is 5.13. The summed E-state index contributed by atoms with van der Waals surface area (Å²) in [7, 11) is 0. The van der Waals surface area contributed by atoms with E-state index in [1.807, 2.05) is 41.9 Å². The summed E-state index contributed by atoms with van der Waals surface area (Å²) in [5, 5.41) is 7.31. The van der Waals surface area contributed by atoms with Crippen LogP contribution >= 0.6 is 11.3 Å². The van der Waals surface area contributed by atoms with Gasteiger partial charge < -0.3 is 15.4 Å². The van der Waals surface area contributed by atoms with E-state index in [0.717, 1.165) is 23.1 Å². The van der Waals surface area contributed by atoms with Gasteiger partial charge in [-0.2, -0.15) is 0 Å². The van der Waals surface area contributed by atoms with Gasteiger partial charge in [0.15, 0.2) is 6.54 Å². The van der Waals surface area contributed by atoms with Crippen molar-refractivity contribution >= 4 is 28.2 Å². The fourth-order valence-corrected chi connectivity index (χ4v) is 3.43. The average Bonchev–Trinajstić information content (AvgIpc) is 3.04. The first-order valence-electron chi connectivity index (χ1n) is 8.95. The van der Waals surface area contributed by atoms with Crippen LogP contribution < -0.4 is 10.6 Å². The fourth-order valence-electron chi connectivity index (χ4n) is 2.45. The number of rotatable bonds is 8. The highest BCUT2D eigenvalue weighted by Crippen LogP contribution is 2.36. The van der Waals surface area contributed by atoms with Crippen molar-refractivity contribution in [1.82, 2.24) is 0 Å². The van der Waals surface area contributed by atoms with Crippen LogP contribution in [-0.4, -0.2) is 31.1 Å². The summed E-state index contributed by atoms with van der Waals surface area (Å²) in [6, 6.07) is 8.34. The molecule has 26 heavy (non-hydrogen) atoms. The van der Waals surface area contributed by atoms with Gasteiger partial charge in [0.2, 0.25) is 0 Å². The Labute approximate surface area is 158 Å². The number of hydrogen-bond donors (Lipinski definition) is 2. The summed E-state index contributed by atoms with van der Waals surface area (Å²) in [5.41, 5.74) is 3.30. The highest BCUT2D eigenvalue weighted by molar-refractivity contribution is 7.15. The van der Waals surface area contributed by atoms with Gasteiger partial charge >= 0.3 is 5.97 Å². The maximum Gasteiger partial charge on any atom is 0.341 e. The Morgan fingerprint density at radius 2 is 1.92 bits per heavy atom. The molecule has 0 spiro atoms. The third-order valence-electron chi connectivity index (χ3n) is 4.24. The first kappa shape index (κ1) is 20.1. The summed E-state index contributed by atoms with van der Waals surface area (Å²) in [6.45, 7) is 8.58. The van der Waals surface area contributed by atoms with Crippen molar-refractivity contribution in [2.24, 2.45) is 0 Å². The quantitative estimate of drug-likeness (QED) is 0.696. The van der Waals surface area contributed by atoms with Crippen molar-refractivity contribution in [3.8, 4) is 11.1 Å². The number of thiophene rings is 1. The number of amides is 1. The number of carbonyl (C=O) groups excluding carboxylic acids is 2. The predicted octanol–water partition coefficient (Wildman–Crippen LogP) is 3.20. The Morgan fingerprint density at radius 1 is 1.23 bits per heavy atom. The van der Waals surface area contributed by atoms with E-state index < -0.39 is 5.97 Å². The highest BCUT2D eigenvalue weighted by atomic mass is 32.1. The van der Waals surface area contributed by atoms with Gasteiger partial charge in [-0.05, 0) is 32.8 Å². The molecule has 2 rings (SSSR count). The van der Waals surface area contributed by atoms with E-state index in [-0.39, 0.29) is 12.5 Å². The Kier molecular flexibility index (Phi) is 7.36. The molecule has 5 nitrogen and oxygen atoms in total. The van der Waals surface area contributed by atoms with Crippen LogP contribution in [0.25, 0.3) is 11.1 Å². The number of benzene rings is 1. The van der Waals surface area contributed by atoms with Gasteiger partial charge in [0.1, 0.15) is 10.6 Å². The maximum absolute atomic E-state index is 12.5. The van der Waals surface area contributed by atoms with E-state index in [1.165, 1.54) is 11.3 Å². The molecular formula is C20H27N2O3S+. The largest absolute Gasteiger partial charge is 0.462 e. The predicted molar refractivity (Wildman–Crippen MR) is 106 cm³/mol. The first-order valence-corrected chi connectivity index (χ1v) is 9.83. The normalized spacial score (nSPS) is 11.8. The molecule has 1 aromatic heterocycles. The molecule has 1 atom stereocenters. The number of esters is 1. The topological polar surface area (TPSA) is 72.0 Å². The molecule has 1 heterocycles. The minimum atomic E-state index is -0.412. The summed E-state index contributed by atoms with van der Waals surface area (Å²) >= 11 is 1.35. The fraction of sp³-hybridized carbons (Fsp3) is 0.400. The Hall–Kier alpha value is -2.18. The Morgan fingerprint density at radius 3 is 2.54 bits per heavy atom. The molecule has 1 aromatic carbocycles. The van der Waals surface area contributed by atoms with Crippen LogP contribution in [0.2, 0.25) is 0 Å². The number of hydrogen-bond acceptors (Lipinski definition) is 4. The average molecular weight is 376 g/mol. The van der Waals surface area contributed by atoms with Crippen molar-refractivity contribution in [3.05, 3.63) is 40.8 Å². The number of nitrogens with one attached hydrogen (secondary N) is 1. The Bertz CT molecular complexity index is 753. The van der Waals surface area contributed by atoms with Gasteiger partial charge in [0, 0.05) is 10.9 Å². The number of nitrogens with two attached hydrogens (primary N) is 1. The second-order valence-electron chi connectivity index (χ2n) is 6.31. The number of carbonyl (C=O) groups is 2. The van der Waals surface area contributed by atoms with E-state index in [0.29, 0.717) is 23.2 Å². The van der Waals surface area contributed by atoms with Gasteiger partial charge in [0.25, 0.3) is 5.91 Å². The summed E-state index contributed by atoms with van der Waals surface area (Å²) in [6.07, 6.45) is 0.998. The minimum absolute atomic E-state index is 0.117. The van der Waals surface area contributed by atoms with Gasteiger partial charge in [-0.3, -0.25) is 4.79 Å². The van der Waals surface area contributed by atoms with Gasteiger partial charge in [-0.25, -0.2) is 4.79 Å². The molecule has 0 bridgehead atoms. The Balaban J connectivity index is 2.27. The van der Waals surface area contributed by atoms with E-state index >= 15 is 0 Å². The van der Waals surface area contributed by atoms with Gasteiger partial charge in [-0.15, -0.1) is 11.3 Å². The van der Waals surface area contributed by atoms with Crippen LogP contribution in [0.3, 0.4) is 0 Å². The highest BCUT2D eigenvalue weighted by Gasteiger charge is 2.23. The van der Waals surface area contributed by atoms with Crippen LogP contribution in [0.15, 0.2) is 29.6 Å². The van der Waals surface area contributed by atoms with Crippen LogP contribution in [0.4, 0.5) is 5.00 Å². The molecule has 140 valence electrons. The van der Waals surface area contributed by atoms with Crippen LogP contribution in [0.5, 0.6) is 0 Å². The van der Waals surface area contributed by atoms with Crippen LogP contribution in [0, 0.1) is 6.92 Å². The van der Waals surface area contributed by atoms with Gasteiger partial charge in [0.05, 0.1) is 12.6 Å². The molecule has 2 aromatic rings. The van der Waals surface area contributed by atoms with E-state index in [9.17, 15) is 9.59 Å². The minimum Gasteiger partial charge on any atom is -0.462 e. The van der Waals surface area contributed by atoms with E-state index in [2.05, 4.69) is 19.2 Å². The van der Waals surface area contributed by atoms with Crippen molar-refractivity contribution in [2.75, 3.05) is 18.5 Å². The molecule has 0 aliphatic heterocycles. The van der Waals surface area contributed by atoms with Gasteiger partial charge in [-0.1, -0.05) is 36.8 Å². The van der Waals surface area contributed by atoms with E-state index in [4.69, 9.17) is 4.74 Å². The molecule has 0 fully saturated rings. The third kappa shape index (κ3) is 5.16. The molecule has 0 saturated carbocycles. The number of aryl methyl sites for hydroxylation is 1. The first-order chi connectivity index (χ1) is 12.5. The lowest BCUT2D eigenvalue weighted by Crippen LogP contribution is -2.90. The lowest BCUT2D eigenvalue weighted by Gasteiger charge is -2.10. The second-order valence-corrected chi connectivity index (χ2v) is 7.19. The van der Waals surface area contributed by atoms with Crippen LogP contribution in [0.1, 0.15) is 43.1 Å². The lowest BCUT2D eigenvalue weighted by atomic mass is 10.0. The molecule has 0 aliphatic carbocycles. The zero-order valence-corrected chi connectivity index (χ0v) is 16.6. The second kappa shape index (κ2) is 9.50. The maximum atomic E-state index is 12.5. The SMILES string of the molecule is CCOC(=O)c1c(-c2ccc(C)cc2)csc1NC(=O)C[NH2+][C@H](C)CC. The summed E-state index contributed by atoms with van der Waals surface area (Å²) < 4.78 is 5.22. The zero-order valence-electron chi connectivity index (χ0n) is 15.8. The molecule has 0 aliphatic rings. The lowest BCUT2D eigenvalue weighted by molar-refractivity contribution is -0.675. The summed E-state index contributed by atoms with van der Waals surface area (Å²) in [4.78, 5) is 24.8. The molecule has 6 heteroatoms. The molecule has 0 radical (unpaired) electrons. The number of quaternary nitrogens is 1. The number of ether oxygens (including phenoxy) is 1. The smallest absolute Gasteiger partial charge is 0.341 e. The van der Waals surface area contributed by atoms with Crippen LogP contribution in [-0.2, 0) is 9.53 Å². The molecule has 1 amide bonds. The number of anilines is 1. The summed E-state index contributed by atoms with van der Waals surface area (Å²) in [5.74, 6) is -0.529. The molecule has 0 unspecified atom stereocenters. The van der Waals surface area contributed by atoms with Crippen molar-refractivity contribution in [2.45, 2.75) is 40.2 Å². The van der Waals surface area contributed by atoms with E-state index in [1.54, 1.807) is 6.92 Å². The standard InChI is InChI=1S/C20H26N2O3S/c1-5-14(4)21-11-17(23)22-19-18(20(24)25-6-2)16(12-26-19)15-9-7-13(3)8-10-15/h7-10,12,14,21H,5-6,11H2,1-4H3,(H,22,23)/p+1/t14-/m1/s1. The van der Waals surface area contributed by atoms with Crippen molar-refractivity contribution in [1.29, 1.82) is 0 Å². The van der Waals surface area contributed by atoms with Crippen molar-refractivity contribution in [3.63, 3.8) is 0 Å². The molecule has 0 saturated heterocycles. The monoisotopic (exact) mass is 375 g/mol. The zero-order chi connectivity index (χ0) is 19.1. The molecular weight excluding hydrogens is 348 g/mol.